The van der Waals surface area contributed by atoms with Gasteiger partial charge in [0.15, 0.2) is 0 Å². The van der Waals surface area contributed by atoms with Crippen LogP contribution in [0.25, 0.3) is 0 Å². The third kappa shape index (κ3) is 2.66. The zero-order valence-electron chi connectivity index (χ0n) is 15.3. The first-order valence-electron chi connectivity index (χ1n) is 9.48. The molecule has 4 nitrogen and oxygen atoms in total. The van der Waals surface area contributed by atoms with E-state index in [-0.39, 0.29) is 35.6 Å². The van der Waals surface area contributed by atoms with Crippen molar-refractivity contribution in [3.8, 4) is 0 Å². The van der Waals surface area contributed by atoms with E-state index in [0.29, 0.717) is 18.3 Å². The second-order valence-corrected chi connectivity index (χ2v) is 9.49. The van der Waals surface area contributed by atoms with Crippen LogP contribution in [0.15, 0.2) is 11.6 Å². The molecule has 2 saturated carbocycles. The van der Waals surface area contributed by atoms with Crippen LogP contribution in [0.2, 0.25) is 0 Å². The fraction of sp³-hybridized carbons (Fsp3) is 0.900. The highest BCUT2D eigenvalue weighted by molar-refractivity contribution is 5.25. The number of fused-ring (bicyclic) bond motifs is 3. The van der Waals surface area contributed by atoms with Gasteiger partial charge in [-0.05, 0) is 61.2 Å². The molecule has 24 heavy (non-hydrogen) atoms. The molecule has 3 rings (SSSR count). The molecule has 0 saturated heterocycles. The Bertz CT molecular complexity index is 518. The van der Waals surface area contributed by atoms with Gasteiger partial charge < -0.3 is 20.4 Å². The summed E-state index contributed by atoms with van der Waals surface area (Å²) in [7, 11) is 0. The van der Waals surface area contributed by atoms with E-state index in [9.17, 15) is 20.4 Å². The Morgan fingerprint density at radius 1 is 1.17 bits per heavy atom. The number of hydrogen-bond donors (Lipinski definition) is 4. The van der Waals surface area contributed by atoms with Gasteiger partial charge in [0.1, 0.15) is 0 Å². The van der Waals surface area contributed by atoms with E-state index in [2.05, 4.69) is 19.9 Å². The first kappa shape index (κ1) is 18.4. The molecular formula is C20H34O4. The van der Waals surface area contributed by atoms with Crippen molar-refractivity contribution < 1.29 is 20.4 Å². The topological polar surface area (TPSA) is 80.9 Å². The van der Waals surface area contributed by atoms with Crippen LogP contribution in [0.4, 0.5) is 0 Å². The number of allylic oxidation sites excluding steroid dienone is 1. The van der Waals surface area contributed by atoms with Gasteiger partial charge in [0, 0.05) is 12.0 Å². The van der Waals surface area contributed by atoms with Crippen LogP contribution in [-0.4, -0.2) is 45.8 Å². The number of aliphatic hydroxyl groups is 4. The lowest BCUT2D eigenvalue weighted by Crippen LogP contribution is -2.56. The molecule has 4 heteroatoms. The Morgan fingerprint density at radius 3 is 2.50 bits per heavy atom. The van der Waals surface area contributed by atoms with Gasteiger partial charge in [-0.3, -0.25) is 0 Å². The predicted molar refractivity (Wildman–Crippen MR) is 93.3 cm³/mol. The fourth-order valence-corrected chi connectivity index (χ4v) is 6.46. The smallest absolute Gasteiger partial charge is 0.0858 e. The van der Waals surface area contributed by atoms with Gasteiger partial charge in [0.25, 0.3) is 0 Å². The standard InChI is InChI=1S/C20H34O4/c1-18(17(24)11-21)7-6-15-13(8-18)4-5-16-19(2,12-22)9-14(23)10-20(15,16)3/h8,14-17,21-24H,4-7,9-12H2,1-3H3/t14-,15-,16-,17-,18+,19+,20+/m1/s1. The van der Waals surface area contributed by atoms with Crippen molar-refractivity contribution in [2.24, 2.45) is 28.1 Å². The Hall–Kier alpha value is -0.420. The van der Waals surface area contributed by atoms with Crippen molar-refractivity contribution in [2.45, 2.75) is 71.5 Å². The minimum Gasteiger partial charge on any atom is -0.396 e. The summed E-state index contributed by atoms with van der Waals surface area (Å²) in [4.78, 5) is 0. The summed E-state index contributed by atoms with van der Waals surface area (Å²) in [5.74, 6) is 0.837. The number of hydrogen-bond acceptors (Lipinski definition) is 4. The minimum absolute atomic E-state index is 0.00469. The normalized spacial score (nSPS) is 49.8. The average molecular weight is 338 g/mol. The van der Waals surface area contributed by atoms with Gasteiger partial charge in [-0.15, -0.1) is 0 Å². The summed E-state index contributed by atoms with van der Waals surface area (Å²) in [6.07, 6.45) is 6.54. The largest absolute Gasteiger partial charge is 0.396 e. The molecule has 0 aromatic heterocycles. The summed E-state index contributed by atoms with van der Waals surface area (Å²) in [5, 5.41) is 40.1. The van der Waals surface area contributed by atoms with Gasteiger partial charge in [0.2, 0.25) is 0 Å². The van der Waals surface area contributed by atoms with Crippen LogP contribution < -0.4 is 0 Å². The summed E-state index contributed by atoms with van der Waals surface area (Å²) < 4.78 is 0. The van der Waals surface area contributed by atoms with Gasteiger partial charge in [-0.1, -0.05) is 32.4 Å². The zero-order valence-corrected chi connectivity index (χ0v) is 15.3. The second-order valence-electron chi connectivity index (χ2n) is 9.49. The van der Waals surface area contributed by atoms with Crippen molar-refractivity contribution in [2.75, 3.05) is 13.2 Å². The van der Waals surface area contributed by atoms with E-state index in [1.807, 2.05) is 6.92 Å². The quantitative estimate of drug-likeness (QED) is 0.595. The predicted octanol–water partition coefficient (Wildman–Crippen LogP) is 2.25. The second kappa shape index (κ2) is 6.08. The van der Waals surface area contributed by atoms with Crippen molar-refractivity contribution in [3.05, 3.63) is 11.6 Å². The van der Waals surface area contributed by atoms with Crippen molar-refractivity contribution >= 4 is 0 Å². The highest BCUT2D eigenvalue weighted by Crippen LogP contribution is 2.63. The molecule has 0 aliphatic heterocycles. The Balaban J connectivity index is 1.95. The average Bonchev–Trinajstić information content (AvgIpc) is 2.52. The summed E-state index contributed by atoms with van der Waals surface area (Å²) in [6.45, 7) is 6.41. The molecule has 0 spiro atoms. The zero-order chi connectivity index (χ0) is 17.8. The maximum atomic E-state index is 10.5. The van der Waals surface area contributed by atoms with Crippen LogP contribution >= 0.6 is 0 Å². The molecule has 0 bridgehead atoms. The van der Waals surface area contributed by atoms with E-state index in [0.717, 1.165) is 32.1 Å². The molecule has 4 N–H and O–H groups in total. The first-order chi connectivity index (χ1) is 11.2. The Morgan fingerprint density at radius 2 is 1.88 bits per heavy atom. The van der Waals surface area contributed by atoms with Gasteiger partial charge in [-0.25, -0.2) is 0 Å². The third-order valence-electron chi connectivity index (χ3n) is 7.76. The molecule has 7 atom stereocenters. The lowest BCUT2D eigenvalue weighted by Gasteiger charge is -2.61. The van der Waals surface area contributed by atoms with E-state index in [4.69, 9.17) is 0 Å². The van der Waals surface area contributed by atoms with Gasteiger partial charge in [-0.2, -0.15) is 0 Å². The van der Waals surface area contributed by atoms with Gasteiger partial charge >= 0.3 is 0 Å². The van der Waals surface area contributed by atoms with Crippen molar-refractivity contribution in [1.29, 1.82) is 0 Å². The maximum Gasteiger partial charge on any atom is 0.0858 e. The highest BCUT2D eigenvalue weighted by Gasteiger charge is 2.57. The molecule has 3 aliphatic carbocycles. The molecule has 0 heterocycles. The highest BCUT2D eigenvalue weighted by atomic mass is 16.3. The van der Waals surface area contributed by atoms with Crippen LogP contribution in [0.5, 0.6) is 0 Å². The number of aliphatic hydroxyl groups excluding tert-OH is 4. The van der Waals surface area contributed by atoms with Crippen LogP contribution in [0.1, 0.15) is 59.3 Å². The maximum absolute atomic E-state index is 10.5. The summed E-state index contributed by atoms with van der Waals surface area (Å²) >= 11 is 0. The first-order valence-corrected chi connectivity index (χ1v) is 9.48. The molecule has 2 fully saturated rings. The van der Waals surface area contributed by atoms with Crippen molar-refractivity contribution in [1.82, 2.24) is 0 Å². The molecule has 0 amide bonds. The van der Waals surface area contributed by atoms with E-state index >= 15 is 0 Å². The monoisotopic (exact) mass is 338 g/mol. The summed E-state index contributed by atoms with van der Waals surface area (Å²) in [6, 6.07) is 0. The molecule has 0 aromatic carbocycles. The lowest BCUT2D eigenvalue weighted by molar-refractivity contribution is -0.134. The molecule has 0 radical (unpaired) electrons. The van der Waals surface area contributed by atoms with Crippen LogP contribution in [-0.2, 0) is 0 Å². The van der Waals surface area contributed by atoms with Crippen LogP contribution in [0, 0.1) is 28.1 Å². The fourth-order valence-electron chi connectivity index (χ4n) is 6.46. The molecular weight excluding hydrogens is 304 g/mol. The summed E-state index contributed by atoms with van der Waals surface area (Å²) in [5.41, 5.74) is 0.843. The molecule has 0 unspecified atom stereocenters. The SMILES string of the molecule is C[C@@]1(CO)C[C@@H](O)C[C@@]2(C)[C@@H]3CC[C@](C)([C@H](O)CO)C=C3CC[C@H]12. The Labute approximate surface area is 145 Å². The van der Waals surface area contributed by atoms with E-state index < -0.39 is 6.10 Å². The van der Waals surface area contributed by atoms with E-state index in [1.165, 1.54) is 5.57 Å². The molecule has 138 valence electrons. The van der Waals surface area contributed by atoms with Gasteiger partial charge in [0.05, 0.1) is 18.8 Å². The lowest BCUT2D eigenvalue weighted by atomic mass is 9.44. The third-order valence-corrected chi connectivity index (χ3v) is 7.76. The van der Waals surface area contributed by atoms with Crippen molar-refractivity contribution in [3.63, 3.8) is 0 Å². The van der Waals surface area contributed by atoms with Crippen LogP contribution in [0.3, 0.4) is 0 Å². The molecule has 3 aliphatic rings. The Kier molecular flexibility index (Phi) is 4.66. The molecule has 0 aromatic rings. The minimum atomic E-state index is -0.712. The number of rotatable bonds is 3. The van der Waals surface area contributed by atoms with E-state index in [1.54, 1.807) is 0 Å².